The van der Waals surface area contributed by atoms with E-state index in [0.29, 0.717) is 0 Å². The second-order valence-electron chi connectivity index (χ2n) is 5.23. The number of phenols is 1. The molecule has 1 aromatic carbocycles. The standard InChI is InChI=1S/C13H18FNO3/c1-13(2,3)10(17)7-15-12(18)11-8(14)5-4-6-9(11)16/h4-6,10,16-17H,7H2,1-3H3,(H,15,18)/t10-/m0/s1. The summed E-state index contributed by atoms with van der Waals surface area (Å²) in [4.78, 5) is 11.7. The fraction of sp³-hybridized carbons (Fsp3) is 0.462. The molecule has 0 heterocycles. The Morgan fingerprint density at radius 2 is 2.06 bits per heavy atom. The van der Waals surface area contributed by atoms with E-state index in [4.69, 9.17) is 0 Å². The average Bonchev–Trinajstić information content (AvgIpc) is 2.24. The molecule has 0 radical (unpaired) electrons. The van der Waals surface area contributed by atoms with Crippen LogP contribution in [0.15, 0.2) is 18.2 Å². The van der Waals surface area contributed by atoms with Gasteiger partial charge in [0.05, 0.1) is 6.10 Å². The monoisotopic (exact) mass is 255 g/mol. The van der Waals surface area contributed by atoms with E-state index in [9.17, 15) is 19.4 Å². The lowest BCUT2D eigenvalue weighted by Crippen LogP contribution is -2.39. The minimum atomic E-state index is -0.794. The van der Waals surface area contributed by atoms with Crippen molar-refractivity contribution in [1.82, 2.24) is 5.32 Å². The van der Waals surface area contributed by atoms with Gasteiger partial charge in [-0.3, -0.25) is 4.79 Å². The molecule has 1 aromatic rings. The zero-order valence-corrected chi connectivity index (χ0v) is 10.7. The lowest BCUT2D eigenvalue weighted by atomic mass is 9.89. The molecule has 1 amide bonds. The highest BCUT2D eigenvalue weighted by Gasteiger charge is 2.24. The summed E-state index contributed by atoms with van der Waals surface area (Å²) < 4.78 is 13.4. The molecule has 100 valence electrons. The molecule has 0 saturated carbocycles. The van der Waals surface area contributed by atoms with Crippen LogP contribution in [-0.2, 0) is 0 Å². The predicted molar refractivity (Wildman–Crippen MR) is 65.9 cm³/mol. The molecule has 4 nitrogen and oxygen atoms in total. The summed E-state index contributed by atoms with van der Waals surface area (Å²) in [7, 11) is 0. The molecule has 1 atom stereocenters. The molecule has 0 bridgehead atoms. The van der Waals surface area contributed by atoms with Crippen LogP contribution in [0.2, 0.25) is 0 Å². The third kappa shape index (κ3) is 3.43. The third-order valence-electron chi connectivity index (χ3n) is 2.67. The van der Waals surface area contributed by atoms with Crippen LogP contribution in [-0.4, -0.2) is 28.8 Å². The summed E-state index contributed by atoms with van der Waals surface area (Å²) in [6.07, 6.45) is -0.754. The molecule has 0 aliphatic heterocycles. The van der Waals surface area contributed by atoms with Crippen LogP contribution in [0, 0.1) is 11.2 Å². The zero-order chi connectivity index (χ0) is 13.9. The third-order valence-corrected chi connectivity index (χ3v) is 2.67. The first-order chi connectivity index (χ1) is 8.23. The topological polar surface area (TPSA) is 69.6 Å². The SMILES string of the molecule is CC(C)(C)[C@@H](O)CNC(=O)c1c(O)cccc1F. The number of hydrogen-bond acceptors (Lipinski definition) is 3. The summed E-state index contributed by atoms with van der Waals surface area (Å²) in [6, 6.07) is 3.64. The number of aliphatic hydroxyl groups is 1. The Balaban J connectivity index is 2.73. The molecular weight excluding hydrogens is 237 g/mol. The maximum Gasteiger partial charge on any atom is 0.258 e. The number of benzene rings is 1. The number of phenolic OH excluding ortho intramolecular Hbond substituents is 1. The number of carbonyl (C=O) groups excluding carboxylic acids is 1. The van der Waals surface area contributed by atoms with Crippen molar-refractivity contribution < 1.29 is 19.4 Å². The molecule has 0 unspecified atom stereocenters. The summed E-state index contributed by atoms with van der Waals surface area (Å²) in [5, 5.41) is 21.6. The molecule has 3 N–H and O–H groups in total. The van der Waals surface area contributed by atoms with Crippen LogP contribution >= 0.6 is 0 Å². The molecule has 0 aliphatic carbocycles. The Bertz CT molecular complexity index is 420. The summed E-state index contributed by atoms with van der Waals surface area (Å²) >= 11 is 0. The first-order valence-electron chi connectivity index (χ1n) is 5.67. The number of aromatic hydroxyl groups is 1. The number of aliphatic hydroxyl groups excluding tert-OH is 1. The van der Waals surface area contributed by atoms with Crippen molar-refractivity contribution in [2.24, 2.45) is 5.41 Å². The molecule has 0 aromatic heterocycles. The second-order valence-corrected chi connectivity index (χ2v) is 5.23. The summed E-state index contributed by atoms with van der Waals surface area (Å²) in [6.45, 7) is 5.47. The van der Waals surface area contributed by atoms with Crippen molar-refractivity contribution in [2.45, 2.75) is 26.9 Å². The summed E-state index contributed by atoms with van der Waals surface area (Å²) in [5.41, 5.74) is -0.788. The highest BCUT2D eigenvalue weighted by Crippen LogP contribution is 2.21. The van der Waals surface area contributed by atoms with Crippen molar-refractivity contribution in [3.05, 3.63) is 29.6 Å². The van der Waals surface area contributed by atoms with Gasteiger partial charge in [0, 0.05) is 6.54 Å². The number of nitrogens with one attached hydrogen (secondary N) is 1. The van der Waals surface area contributed by atoms with Crippen LogP contribution in [0.5, 0.6) is 5.75 Å². The van der Waals surface area contributed by atoms with Gasteiger partial charge in [-0.2, -0.15) is 0 Å². The average molecular weight is 255 g/mol. The van der Waals surface area contributed by atoms with Crippen molar-refractivity contribution >= 4 is 5.91 Å². The smallest absolute Gasteiger partial charge is 0.258 e. The fourth-order valence-electron chi connectivity index (χ4n) is 1.32. The van der Waals surface area contributed by atoms with E-state index in [2.05, 4.69) is 5.32 Å². The minimum Gasteiger partial charge on any atom is -0.507 e. The van der Waals surface area contributed by atoms with Crippen molar-refractivity contribution in [1.29, 1.82) is 0 Å². The molecule has 1 rings (SSSR count). The quantitative estimate of drug-likeness (QED) is 0.769. The van der Waals surface area contributed by atoms with E-state index in [1.807, 2.05) is 20.8 Å². The maximum atomic E-state index is 13.4. The van der Waals surface area contributed by atoms with Gasteiger partial charge in [-0.05, 0) is 17.5 Å². The van der Waals surface area contributed by atoms with Gasteiger partial charge >= 0.3 is 0 Å². The number of hydrogen-bond donors (Lipinski definition) is 3. The molecular formula is C13H18FNO3. The van der Waals surface area contributed by atoms with Gasteiger partial charge in [0.2, 0.25) is 0 Å². The van der Waals surface area contributed by atoms with E-state index in [1.54, 1.807) is 0 Å². The minimum absolute atomic E-state index is 0.00386. The first kappa shape index (κ1) is 14.4. The van der Waals surface area contributed by atoms with Gasteiger partial charge in [0.1, 0.15) is 17.1 Å². The van der Waals surface area contributed by atoms with Gasteiger partial charge in [0.25, 0.3) is 5.91 Å². The molecule has 0 fully saturated rings. The van der Waals surface area contributed by atoms with Crippen LogP contribution < -0.4 is 5.32 Å². The Morgan fingerprint density at radius 1 is 1.44 bits per heavy atom. The Kier molecular flexibility index (Phi) is 4.29. The van der Waals surface area contributed by atoms with E-state index in [-0.39, 0.29) is 12.0 Å². The number of carbonyl (C=O) groups is 1. The number of rotatable bonds is 3. The van der Waals surface area contributed by atoms with Crippen molar-refractivity contribution in [3.63, 3.8) is 0 Å². The second kappa shape index (κ2) is 5.35. The molecule has 5 heteroatoms. The maximum absolute atomic E-state index is 13.4. The van der Waals surface area contributed by atoms with Crippen LogP contribution in [0.4, 0.5) is 4.39 Å². The Hall–Kier alpha value is -1.62. The lowest BCUT2D eigenvalue weighted by molar-refractivity contribution is 0.0585. The predicted octanol–water partition coefficient (Wildman–Crippen LogP) is 1.67. The van der Waals surface area contributed by atoms with Crippen LogP contribution in [0.25, 0.3) is 0 Å². The number of amides is 1. The van der Waals surface area contributed by atoms with Gasteiger partial charge in [-0.15, -0.1) is 0 Å². The van der Waals surface area contributed by atoms with Crippen LogP contribution in [0.3, 0.4) is 0 Å². The summed E-state index contributed by atoms with van der Waals surface area (Å²) in [5.74, 6) is -1.95. The van der Waals surface area contributed by atoms with E-state index in [0.717, 1.165) is 6.07 Å². The van der Waals surface area contributed by atoms with Gasteiger partial charge in [-0.25, -0.2) is 4.39 Å². The highest BCUT2D eigenvalue weighted by molar-refractivity contribution is 5.97. The van der Waals surface area contributed by atoms with E-state index >= 15 is 0 Å². The fourth-order valence-corrected chi connectivity index (χ4v) is 1.32. The van der Waals surface area contributed by atoms with Crippen LogP contribution in [0.1, 0.15) is 31.1 Å². The normalized spacial score (nSPS) is 13.2. The van der Waals surface area contributed by atoms with Gasteiger partial charge in [-0.1, -0.05) is 26.8 Å². The van der Waals surface area contributed by atoms with Gasteiger partial charge in [0.15, 0.2) is 0 Å². The molecule has 0 spiro atoms. The zero-order valence-electron chi connectivity index (χ0n) is 10.7. The lowest BCUT2D eigenvalue weighted by Gasteiger charge is -2.25. The van der Waals surface area contributed by atoms with E-state index in [1.165, 1.54) is 12.1 Å². The Morgan fingerprint density at radius 3 is 2.56 bits per heavy atom. The largest absolute Gasteiger partial charge is 0.507 e. The van der Waals surface area contributed by atoms with Crippen molar-refractivity contribution in [3.8, 4) is 5.75 Å². The first-order valence-corrected chi connectivity index (χ1v) is 5.67. The Labute approximate surface area is 105 Å². The van der Waals surface area contributed by atoms with E-state index < -0.39 is 29.1 Å². The highest BCUT2D eigenvalue weighted by atomic mass is 19.1. The number of halogens is 1. The molecule has 0 aliphatic rings. The molecule has 18 heavy (non-hydrogen) atoms. The van der Waals surface area contributed by atoms with Crippen molar-refractivity contribution in [2.75, 3.05) is 6.54 Å². The van der Waals surface area contributed by atoms with Gasteiger partial charge < -0.3 is 15.5 Å². The molecule has 0 saturated heterocycles.